The highest BCUT2D eigenvalue weighted by atomic mass is 35.5. The second kappa shape index (κ2) is 11.0. The predicted octanol–water partition coefficient (Wildman–Crippen LogP) is 4.44. The molecule has 1 N–H and O–H groups in total. The molecule has 28 heavy (non-hydrogen) atoms. The van der Waals surface area contributed by atoms with Crippen LogP contribution in [0.5, 0.6) is 5.75 Å². The van der Waals surface area contributed by atoms with E-state index in [-0.39, 0.29) is 18.4 Å². The first-order chi connectivity index (χ1) is 13.4. The first kappa shape index (κ1) is 22.1. The summed E-state index contributed by atoms with van der Waals surface area (Å²) in [6.45, 7) is 3.99. The third-order valence-corrected chi connectivity index (χ3v) is 5.20. The molecule has 0 aliphatic carbocycles. The quantitative estimate of drug-likeness (QED) is 0.368. The molecule has 7 heteroatoms. The highest BCUT2D eigenvalue weighted by molar-refractivity contribution is 7.99. The van der Waals surface area contributed by atoms with E-state index in [1.165, 1.54) is 0 Å². The van der Waals surface area contributed by atoms with Crippen LogP contribution < -0.4 is 10.1 Å². The molecule has 150 valence electrons. The van der Waals surface area contributed by atoms with Crippen LogP contribution in [0.1, 0.15) is 24.2 Å². The van der Waals surface area contributed by atoms with Crippen molar-refractivity contribution in [3.05, 3.63) is 59.1 Å². The number of carbonyl (C=O) groups is 2. The summed E-state index contributed by atoms with van der Waals surface area (Å²) in [5.41, 5.74) is 0.456. The van der Waals surface area contributed by atoms with E-state index < -0.39 is 12.0 Å². The van der Waals surface area contributed by atoms with E-state index in [0.29, 0.717) is 22.1 Å². The number of methoxy groups -OCH3 is 1. The minimum absolute atomic E-state index is 0.0985. The van der Waals surface area contributed by atoms with Crippen LogP contribution in [0.4, 0.5) is 0 Å². The molecule has 0 heterocycles. The summed E-state index contributed by atoms with van der Waals surface area (Å²) in [5.74, 6) is 0.417. The molecule has 0 spiro atoms. The van der Waals surface area contributed by atoms with Gasteiger partial charge in [0.25, 0.3) is 5.91 Å². The van der Waals surface area contributed by atoms with Crippen molar-refractivity contribution in [2.45, 2.75) is 24.8 Å². The summed E-state index contributed by atoms with van der Waals surface area (Å²) < 4.78 is 10.4. The molecule has 0 bridgehead atoms. The van der Waals surface area contributed by atoms with Crippen LogP contribution in [-0.4, -0.2) is 37.4 Å². The Kier molecular flexibility index (Phi) is 8.67. The Balaban J connectivity index is 1.84. The molecular weight excluding hydrogens is 398 g/mol. The van der Waals surface area contributed by atoms with E-state index in [2.05, 4.69) is 5.32 Å². The lowest BCUT2D eigenvalue weighted by molar-refractivity contribution is -0.146. The normalized spacial score (nSPS) is 11.8. The van der Waals surface area contributed by atoms with Crippen LogP contribution in [-0.2, 0) is 9.53 Å². The monoisotopic (exact) mass is 421 g/mol. The van der Waals surface area contributed by atoms with E-state index in [1.54, 1.807) is 43.1 Å². The van der Waals surface area contributed by atoms with Crippen molar-refractivity contribution < 1.29 is 19.1 Å². The van der Waals surface area contributed by atoms with Crippen molar-refractivity contribution in [2.24, 2.45) is 5.92 Å². The van der Waals surface area contributed by atoms with Gasteiger partial charge >= 0.3 is 5.97 Å². The van der Waals surface area contributed by atoms with E-state index in [1.807, 2.05) is 38.1 Å². The molecule has 5 nitrogen and oxygen atoms in total. The average Bonchev–Trinajstić information content (AvgIpc) is 2.70. The Morgan fingerprint density at radius 1 is 1.07 bits per heavy atom. The summed E-state index contributed by atoms with van der Waals surface area (Å²) in [4.78, 5) is 25.9. The molecule has 0 aromatic heterocycles. The van der Waals surface area contributed by atoms with E-state index in [4.69, 9.17) is 21.1 Å². The maximum atomic E-state index is 12.4. The van der Waals surface area contributed by atoms with Crippen molar-refractivity contribution in [2.75, 3.05) is 19.5 Å². The summed E-state index contributed by atoms with van der Waals surface area (Å²) in [6.07, 6.45) is 0. The number of hydrogen-bond donors (Lipinski definition) is 1. The van der Waals surface area contributed by atoms with Gasteiger partial charge in [-0.25, -0.2) is 4.79 Å². The number of benzene rings is 2. The Bertz CT molecular complexity index is 778. The molecule has 0 fully saturated rings. The number of hydrogen-bond acceptors (Lipinski definition) is 5. The molecule has 0 aliphatic rings. The third kappa shape index (κ3) is 6.77. The number of rotatable bonds is 9. The van der Waals surface area contributed by atoms with Crippen molar-refractivity contribution in [3.8, 4) is 5.75 Å². The van der Waals surface area contributed by atoms with Gasteiger partial charge in [0.15, 0.2) is 0 Å². The SMILES string of the molecule is COc1ccc(C(=O)N[C@H](C(=O)OCCSc2ccc(Cl)cc2)C(C)C)cc1. The van der Waals surface area contributed by atoms with Crippen LogP contribution in [0, 0.1) is 5.92 Å². The van der Waals surface area contributed by atoms with Gasteiger partial charge in [0, 0.05) is 21.2 Å². The van der Waals surface area contributed by atoms with E-state index >= 15 is 0 Å². The molecule has 0 unspecified atom stereocenters. The van der Waals surface area contributed by atoms with Gasteiger partial charge in [-0.1, -0.05) is 25.4 Å². The van der Waals surface area contributed by atoms with Gasteiger partial charge in [0.05, 0.1) is 7.11 Å². The first-order valence-electron chi connectivity index (χ1n) is 8.90. The lowest BCUT2D eigenvalue weighted by Crippen LogP contribution is -2.45. The fraction of sp³-hybridized carbons (Fsp3) is 0.333. The zero-order valence-corrected chi connectivity index (χ0v) is 17.7. The molecule has 0 saturated heterocycles. The number of nitrogens with one attached hydrogen (secondary N) is 1. The fourth-order valence-electron chi connectivity index (χ4n) is 2.39. The Hall–Kier alpha value is -2.18. The highest BCUT2D eigenvalue weighted by Gasteiger charge is 2.26. The topological polar surface area (TPSA) is 64.6 Å². The summed E-state index contributed by atoms with van der Waals surface area (Å²) >= 11 is 7.43. The zero-order chi connectivity index (χ0) is 20.5. The number of carbonyl (C=O) groups excluding carboxylic acids is 2. The van der Waals surface area contributed by atoms with Gasteiger partial charge < -0.3 is 14.8 Å². The van der Waals surface area contributed by atoms with Gasteiger partial charge in [-0.05, 0) is 54.4 Å². The van der Waals surface area contributed by atoms with Crippen LogP contribution in [0.3, 0.4) is 0 Å². The number of halogens is 1. The number of thioether (sulfide) groups is 1. The number of esters is 1. The molecule has 0 radical (unpaired) electrons. The van der Waals surface area contributed by atoms with Crippen LogP contribution in [0.2, 0.25) is 5.02 Å². The Labute approximate surface area is 174 Å². The predicted molar refractivity (Wildman–Crippen MR) is 112 cm³/mol. The maximum Gasteiger partial charge on any atom is 0.328 e. The second-order valence-corrected chi connectivity index (χ2v) is 8.00. The Morgan fingerprint density at radius 3 is 2.29 bits per heavy atom. The van der Waals surface area contributed by atoms with Gasteiger partial charge in [0.2, 0.25) is 0 Å². The molecule has 0 saturated carbocycles. The van der Waals surface area contributed by atoms with Crippen LogP contribution in [0.15, 0.2) is 53.4 Å². The molecule has 2 aromatic carbocycles. The highest BCUT2D eigenvalue weighted by Crippen LogP contribution is 2.20. The van der Waals surface area contributed by atoms with Gasteiger partial charge in [0.1, 0.15) is 18.4 Å². The molecule has 1 amide bonds. The standard InChI is InChI=1S/C21H24ClNO4S/c1-14(2)19(23-20(24)15-4-8-17(26-3)9-5-15)21(25)27-12-13-28-18-10-6-16(22)7-11-18/h4-11,14,19H,12-13H2,1-3H3,(H,23,24)/t19-/m0/s1. The van der Waals surface area contributed by atoms with Crippen molar-refractivity contribution in [1.29, 1.82) is 0 Å². The zero-order valence-electron chi connectivity index (χ0n) is 16.1. The number of amides is 1. The first-order valence-corrected chi connectivity index (χ1v) is 10.3. The fourth-order valence-corrected chi connectivity index (χ4v) is 3.24. The van der Waals surface area contributed by atoms with Crippen molar-refractivity contribution in [1.82, 2.24) is 5.32 Å². The van der Waals surface area contributed by atoms with Crippen LogP contribution in [0.25, 0.3) is 0 Å². The van der Waals surface area contributed by atoms with Crippen molar-refractivity contribution >= 4 is 35.2 Å². The lowest BCUT2D eigenvalue weighted by atomic mass is 10.0. The van der Waals surface area contributed by atoms with Gasteiger partial charge in [-0.15, -0.1) is 11.8 Å². The summed E-state index contributed by atoms with van der Waals surface area (Å²) in [6, 6.07) is 13.5. The van der Waals surface area contributed by atoms with Gasteiger partial charge in [-0.3, -0.25) is 4.79 Å². The number of ether oxygens (including phenoxy) is 2. The van der Waals surface area contributed by atoms with Crippen LogP contribution >= 0.6 is 23.4 Å². The van der Waals surface area contributed by atoms with E-state index in [9.17, 15) is 9.59 Å². The van der Waals surface area contributed by atoms with Crippen molar-refractivity contribution in [3.63, 3.8) is 0 Å². The van der Waals surface area contributed by atoms with Gasteiger partial charge in [-0.2, -0.15) is 0 Å². The maximum absolute atomic E-state index is 12.4. The molecule has 2 aromatic rings. The smallest absolute Gasteiger partial charge is 0.328 e. The molecule has 2 rings (SSSR count). The Morgan fingerprint density at radius 2 is 1.71 bits per heavy atom. The molecule has 1 atom stereocenters. The third-order valence-electron chi connectivity index (χ3n) is 3.97. The summed E-state index contributed by atoms with van der Waals surface area (Å²) in [5, 5.41) is 3.44. The minimum Gasteiger partial charge on any atom is -0.497 e. The molecular formula is C21H24ClNO4S. The minimum atomic E-state index is -0.713. The van der Waals surface area contributed by atoms with E-state index in [0.717, 1.165) is 4.90 Å². The summed E-state index contributed by atoms with van der Waals surface area (Å²) in [7, 11) is 1.56. The largest absolute Gasteiger partial charge is 0.497 e. The molecule has 0 aliphatic heterocycles. The second-order valence-electron chi connectivity index (χ2n) is 6.39. The average molecular weight is 422 g/mol. The lowest BCUT2D eigenvalue weighted by Gasteiger charge is -2.21.